The number of thiophene rings is 1. The van der Waals surface area contributed by atoms with Crippen LogP contribution in [0.1, 0.15) is 16.9 Å². The lowest BCUT2D eigenvalue weighted by Crippen LogP contribution is -2.20. The molecule has 4 rings (SSSR count). The topological polar surface area (TPSA) is 56.3 Å². The summed E-state index contributed by atoms with van der Waals surface area (Å²) >= 11 is 1.34. The predicted molar refractivity (Wildman–Crippen MR) is 129 cm³/mol. The van der Waals surface area contributed by atoms with E-state index in [-0.39, 0.29) is 11.8 Å². The van der Waals surface area contributed by atoms with Gasteiger partial charge in [-0.1, -0.05) is 36.4 Å². The van der Waals surface area contributed by atoms with Crippen LogP contribution < -0.4 is 14.8 Å². The third-order valence-corrected chi connectivity index (χ3v) is 6.11. The molecule has 0 saturated carbocycles. The maximum atomic E-state index is 12.5. The molecule has 0 bridgehead atoms. The number of anilines is 1. The van der Waals surface area contributed by atoms with E-state index in [2.05, 4.69) is 20.0 Å². The Kier molecular flexibility index (Phi) is 7.76. The molecule has 2 aromatic carbocycles. The highest BCUT2D eigenvalue weighted by molar-refractivity contribution is 7.18. The Labute approximate surface area is 212 Å². The first-order chi connectivity index (χ1) is 17.4. The Hall–Kier alpha value is -3.54. The van der Waals surface area contributed by atoms with Crippen molar-refractivity contribution in [2.75, 3.05) is 18.5 Å². The Morgan fingerprint density at radius 3 is 2.16 bits per heavy atom. The number of hydrogen-bond acceptors (Lipinski definition) is 6. The molecule has 0 spiro atoms. The molecule has 0 unspecified atom stereocenters. The number of fused-ring (bicyclic) bond motifs is 1. The Morgan fingerprint density at radius 2 is 1.54 bits per heavy atom. The third kappa shape index (κ3) is 7.72. The average molecular weight is 542 g/mol. The number of aryl methyl sites for hydroxylation is 2. The van der Waals surface area contributed by atoms with E-state index in [1.165, 1.54) is 23.5 Å². The number of nitrogens with one attached hydrogen (secondary N) is 1. The van der Waals surface area contributed by atoms with E-state index in [1.807, 2.05) is 37.3 Å². The normalized spacial score (nSPS) is 12.1. The van der Waals surface area contributed by atoms with Crippen molar-refractivity contribution in [3.8, 4) is 22.9 Å². The summed E-state index contributed by atoms with van der Waals surface area (Å²) in [5.41, 5.74) is 2.66. The second kappa shape index (κ2) is 10.8. The van der Waals surface area contributed by atoms with Gasteiger partial charge in [0.2, 0.25) is 0 Å². The fourth-order valence-corrected chi connectivity index (χ4v) is 4.45. The van der Waals surface area contributed by atoms with Gasteiger partial charge >= 0.3 is 18.5 Å². The van der Waals surface area contributed by atoms with Gasteiger partial charge in [-0.3, -0.25) is 0 Å². The Balaban J connectivity index is 1.33. The van der Waals surface area contributed by atoms with E-state index < -0.39 is 19.1 Å². The van der Waals surface area contributed by atoms with Crippen LogP contribution in [0.15, 0.2) is 54.6 Å². The summed E-state index contributed by atoms with van der Waals surface area (Å²) in [7, 11) is 0. The number of nitrogens with zero attached hydrogens (tertiary/aromatic N) is 2. The number of alkyl halides is 6. The molecule has 0 radical (unpaired) electrons. The average Bonchev–Trinajstić information content (AvgIpc) is 3.20. The van der Waals surface area contributed by atoms with Crippen LogP contribution in [0.25, 0.3) is 21.3 Å². The molecule has 196 valence electrons. The van der Waals surface area contributed by atoms with E-state index in [1.54, 1.807) is 12.1 Å². The molecule has 5 nitrogen and oxygen atoms in total. The molecule has 37 heavy (non-hydrogen) atoms. The van der Waals surface area contributed by atoms with E-state index in [4.69, 9.17) is 4.74 Å². The molecular formula is C25H21F6N3O2S. The molecule has 2 heterocycles. The zero-order valence-corrected chi connectivity index (χ0v) is 20.2. The minimum Gasteiger partial charge on any atom is -0.454 e. The summed E-state index contributed by atoms with van der Waals surface area (Å²) in [4.78, 5) is 9.69. The van der Waals surface area contributed by atoms with Crippen molar-refractivity contribution in [1.82, 2.24) is 9.97 Å². The molecule has 12 heteroatoms. The van der Waals surface area contributed by atoms with E-state index in [9.17, 15) is 26.3 Å². The van der Waals surface area contributed by atoms with Crippen LogP contribution in [0.2, 0.25) is 0 Å². The quantitative estimate of drug-likeness (QED) is 0.175. The van der Waals surface area contributed by atoms with Gasteiger partial charge in [-0.15, -0.1) is 24.5 Å². The first-order valence-corrected chi connectivity index (χ1v) is 11.9. The lowest BCUT2D eigenvalue weighted by Gasteiger charge is -2.11. The van der Waals surface area contributed by atoms with Crippen LogP contribution in [0.4, 0.5) is 32.2 Å². The van der Waals surface area contributed by atoms with Crippen LogP contribution in [0.3, 0.4) is 0 Å². The number of halogens is 6. The summed E-state index contributed by atoms with van der Waals surface area (Å²) < 4.78 is 83.2. The van der Waals surface area contributed by atoms with Crippen molar-refractivity contribution >= 4 is 27.4 Å². The van der Waals surface area contributed by atoms with Gasteiger partial charge in [-0.2, -0.15) is 23.1 Å². The Morgan fingerprint density at radius 1 is 0.892 bits per heavy atom. The number of aromatic nitrogens is 2. The number of rotatable bonds is 9. The zero-order valence-electron chi connectivity index (χ0n) is 19.4. The predicted octanol–water partition coefficient (Wildman–Crippen LogP) is 7.55. The standard InChI is InChI=1S/C25H21F6N3O2S/c1-15-13-20-21(33-23(34-22(20)37-15)35-14-24(26,27)28)32-12-2-3-16-4-6-17(7-5-16)18-8-10-19(11-9-18)36-25(29,30)31/h4-11,13H,2-3,12,14H2,1H3,(H,32,33,34). The minimum atomic E-state index is -4.73. The van der Waals surface area contributed by atoms with Crippen molar-refractivity contribution in [2.45, 2.75) is 32.3 Å². The first kappa shape index (κ1) is 26.5. The zero-order chi connectivity index (χ0) is 26.6. The summed E-state index contributed by atoms with van der Waals surface area (Å²) in [6, 6.07) is 14.8. The highest BCUT2D eigenvalue weighted by Gasteiger charge is 2.31. The van der Waals surface area contributed by atoms with Crippen LogP contribution in [-0.4, -0.2) is 35.7 Å². The van der Waals surface area contributed by atoms with Gasteiger partial charge in [0, 0.05) is 11.4 Å². The van der Waals surface area contributed by atoms with Crippen LogP contribution >= 0.6 is 11.3 Å². The molecule has 0 aliphatic heterocycles. The fourth-order valence-electron chi connectivity index (χ4n) is 3.58. The summed E-state index contributed by atoms with van der Waals surface area (Å²) in [5.74, 6) is 0.137. The SMILES string of the molecule is Cc1cc2c(NCCCc3ccc(-c4ccc(OC(F)(F)F)cc4)cc3)nc(OCC(F)(F)F)nc2s1. The lowest BCUT2D eigenvalue weighted by atomic mass is 10.0. The van der Waals surface area contributed by atoms with Gasteiger partial charge < -0.3 is 14.8 Å². The number of benzene rings is 2. The molecule has 0 aliphatic rings. The minimum absolute atomic E-state index is 0.280. The largest absolute Gasteiger partial charge is 0.573 e. The molecule has 0 amide bonds. The molecule has 0 saturated heterocycles. The van der Waals surface area contributed by atoms with E-state index in [0.717, 1.165) is 39.8 Å². The van der Waals surface area contributed by atoms with Gasteiger partial charge in [0.15, 0.2) is 6.61 Å². The molecule has 1 N–H and O–H groups in total. The summed E-state index contributed by atoms with van der Waals surface area (Å²) in [6.07, 6.45) is -7.78. The summed E-state index contributed by atoms with van der Waals surface area (Å²) in [5, 5.41) is 3.89. The number of hydrogen-bond donors (Lipinski definition) is 1. The molecule has 2 aromatic heterocycles. The van der Waals surface area contributed by atoms with Crippen LogP contribution in [0.5, 0.6) is 11.8 Å². The number of ether oxygens (including phenoxy) is 2. The van der Waals surface area contributed by atoms with Crippen LogP contribution in [0, 0.1) is 6.92 Å². The van der Waals surface area contributed by atoms with Crippen molar-refractivity contribution < 1.29 is 35.8 Å². The van der Waals surface area contributed by atoms with E-state index >= 15 is 0 Å². The van der Waals surface area contributed by atoms with Crippen molar-refractivity contribution in [3.05, 3.63) is 65.0 Å². The maximum absolute atomic E-state index is 12.5. The van der Waals surface area contributed by atoms with Gasteiger partial charge in [-0.25, -0.2) is 0 Å². The molecule has 0 atom stereocenters. The molecular weight excluding hydrogens is 520 g/mol. The summed E-state index contributed by atoms with van der Waals surface area (Å²) in [6.45, 7) is 0.923. The van der Waals surface area contributed by atoms with Gasteiger partial charge in [0.05, 0.1) is 5.39 Å². The third-order valence-electron chi connectivity index (χ3n) is 5.17. The van der Waals surface area contributed by atoms with E-state index in [0.29, 0.717) is 17.2 Å². The van der Waals surface area contributed by atoms with Crippen molar-refractivity contribution in [1.29, 1.82) is 0 Å². The second-order valence-electron chi connectivity index (χ2n) is 8.13. The molecule has 4 aromatic rings. The fraction of sp³-hybridized carbons (Fsp3) is 0.280. The monoisotopic (exact) mass is 541 g/mol. The smallest absolute Gasteiger partial charge is 0.454 e. The van der Waals surface area contributed by atoms with Gasteiger partial charge in [0.25, 0.3) is 0 Å². The van der Waals surface area contributed by atoms with Gasteiger partial charge in [-0.05, 0) is 54.7 Å². The molecule has 0 aliphatic carbocycles. The lowest BCUT2D eigenvalue weighted by molar-refractivity contribution is -0.274. The second-order valence-corrected chi connectivity index (χ2v) is 9.37. The Bertz CT molecular complexity index is 1340. The van der Waals surface area contributed by atoms with Crippen molar-refractivity contribution in [3.63, 3.8) is 0 Å². The van der Waals surface area contributed by atoms with Crippen LogP contribution in [-0.2, 0) is 6.42 Å². The van der Waals surface area contributed by atoms with Crippen molar-refractivity contribution in [2.24, 2.45) is 0 Å². The first-order valence-electron chi connectivity index (χ1n) is 11.1. The molecule has 0 fully saturated rings. The highest BCUT2D eigenvalue weighted by Crippen LogP contribution is 2.31. The van der Waals surface area contributed by atoms with Gasteiger partial charge in [0.1, 0.15) is 16.4 Å². The maximum Gasteiger partial charge on any atom is 0.573 e. The highest BCUT2D eigenvalue weighted by atomic mass is 32.1.